The second-order valence-corrected chi connectivity index (χ2v) is 5.15. The molecule has 5 heteroatoms. The molecule has 22 heavy (non-hydrogen) atoms. The summed E-state index contributed by atoms with van der Waals surface area (Å²) in [5.41, 5.74) is 2.48. The molecular formula is C17H20FN3O. The van der Waals surface area contributed by atoms with E-state index in [0.29, 0.717) is 31.6 Å². The number of carbonyl (C=O) groups excluding carboxylic acids is 1. The first-order chi connectivity index (χ1) is 10.6. The third-order valence-electron chi connectivity index (χ3n) is 3.31. The lowest BCUT2D eigenvalue weighted by atomic mass is 10.1. The van der Waals surface area contributed by atoms with E-state index in [2.05, 4.69) is 15.6 Å². The Kier molecular flexibility index (Phi) is 6.03. The minimum Gasteiger partial charge on any atom is -0.352 e. The molecular weight excluding hydrogens is 281 g/mol. The van der Waals surface area contributed by atoms with Crippen LogP contribution in [0.4, 0.5) is 4.39 Å². The molecule has 2 aromatic rings. The molecule has 1 heterocycles. The Labute approximate surface area is 129 Å². The Morgan fingerprint density at radius 1 is 1.23 bits per heavy atom. The molecule has 2 rings (SSSR count). The summed E-state index contributed by atoms with van der Waals surface area (Å²) in [4.78, 5) is 15.7. The quantitative estimate of drug-likeness (QED) is 0.772. The van der Waals surface area contributed by atoms with E-state index in [1.165, 1.54) is 6.07 Å². The Bertz CT molecular complexity index is 617. The highest BCUT2D eigenvalue weighted by molar-refractivity contribution is 5.76. The van der Waals surface area contributed by atoms with E-state index in [-0.39, 0.29) is 11.7 Å². The van der Waals surface area contributed by atoms with Gasteiger partial charge in [0.05, 0.1) is 0 Å². The predicted molar refractivity (Wildman–Crippen MR) is 83.5 cm³/mol. The van der Waals surface area contributed by atoms with Gasteiger partial charge in [0.1, 0.15) is 5.82 Å². The number of amides is 1. The highest BCUT2D eigenvalue weighted by Gasteiger charge is 2.02. The van der Waals surface area contributed by atoms with E-state index in [4.69, 9.17) is 0 Å². The fourth-order valence-electron chi connectivity index (χ4n) is 1.97. The van der Waals surface area contributed by atoms with Crippen LogP contribution in [0.1, 0.15) is 23.1 Å². The van der Waals surface area contributed by atoms with Gasteiger partial charge in [-0.05, 0) is 35.7 Å². The van der Waals surface area contributed by atoms with Gasteiger partial charge in [0, 0.05) is 38.4 Å². The molecule has 116 valence electrons. The fraction of sp³-hybridized carbons (Fsp3) is 0.294. The fourth-order valence-corrected chi connectivity index (χ4v) is 1.97. The summed E-state index contributed by atoms with van der Waals surface area (Å²) in [6.07, 6.45) is 3.81. The molecule has 1 aromatic heterocycles. The van der Waals surface area contributed by atoms with Crippen molar-refractivity contribution in [3.05, 3.63) is 65.2 Å². The molecule has 0 saturated carbocycles. The van der Waals surface area contributed by atoms with Crippen LogP contribution in [0.3, 0.4) is 0 Å². The van der Waals surface area contributed by atoms with Gasteiger partial charge < -0.3 is 10.6 Å². The number of aromatic nitrogens is 1. The third-order valence-corrected chi connectivity index (χ3v) is 3.31. The van der Waals surface area contributed by atoms with E-state index in [0.717, 1.165) is 11.1 Å². The van der Waals surface area contributed by atoms with E-state index in [1.807, 2.05) is 18.2 Å². The molecule has 0 fully saturated rings. The number of rotatable bonds is 7. The average molecular weight is 301 g/mol. The number of aryl methyl sites for hydroxylation is 1. The van der Waals surface area contributed by atoms with Crippen LogP contribution in [0.5, 0.6) is 0 Å². The Morgan fingerprint density at radius 2 is 2.09 bits per heavy atom. The topological polar surface area (TPSA) is 54.0 Å². The first kappa shape index (κ1) is 16.1. The number of nitrogens with zero attached hydrogens (tertiary/aromatic N) is 1. The normalized spacial score (nSPS) is 10.5. The molecule has 4 nitrogen and oxygen atoms in total. The Morgan fingerprint density at radius 3 is 2.82 bits per heavy atom. The van der Waals surface area contributed by atoms with Crippen molar-refractivity contribution in [2.45, 2.75) is 26.4 Å². The van der Waals surface area contributed by atoms with Crippen molar-refractivity contribution < 1.29 is 9.18 Å². The monoisotopic (exact) mass is 301 g/mol. The van der Waals surface area contributed by atoms with E-state index in [9.17, 15) is 9.18 Å². The van der Waals surface area contributed by atoms with Crippen LogP contribution in [0, 0.1) is 12.7 Å². The molecule has 0 aliphatic heterocycles. The molecule has 1 aromatic carbocycles. The minimum absolute atomic E-state index is 0.0218. The van der Waals surface area contributed by atoms with Crippen molar-refractivity contribution in [1.29, 1.82) is 0 Å². The van der Waals surface area contributed by atoms with Crippen LogP contribution in [0.15, 0.2) is 42.7 Å². The molecule has 0 bridgehead atoms. The van der Waals surface area contributed by atoms with E-state index >= 15 is 0 Å². The van der Waals surface area contributed by atoms with E-state index in [1.54, 1.807) is 25.4 Å². The summed E-state index contributed by atoms with van der Waals surface area (Å²) >= 11 is 0. The number of hydrogen-bond acceptors (Lipinski definition) is 3. The SMILES string of the molecule is Cc1ccc(CNCCC(=O)NCc2cccnc2)cc1F. The van der Waals surface area contributed by atoms with E-state index < -0.39 is 0 Å². The van der Waals surface area contributed by atoms with Gasteiger partial charge in [-0.3, -0.25) is 9.78 Å². The first-order valence-corrected chi connectivity index (χ1v) is 7.26. The molecule has 0 saturated heterocycles. The van der Waals surface area contributed by atoms with Gasteiger partial charge in [0.2, 0.25) is 5.91 Å². The standard InChI is InChI=1S/C17H20FN3O/c1-13-4-5-14(9-16(13)18)10-20-8-6-17(22)21-12-15-3-2-7-19-11-15/h2-5,7,9,11,20H,6,8,10,12H2,1H3,(H,21,22). The van der Waals surface area contributed by atoms with Crippen LogP contribution < -0.4 is 10.6 Å². The van der Waals surface area contributed by atoms with Gasteiger partial charge in [0.15, 0.2) is 0 Å². The first-order valence-electron chi connectivity index (χ1n) is 7.26. The Hall–Kier alpha value is -2.27. The molecule has 1 amide bonds. The zero-order valence-electron chi connectivity index (χ0n) is 12.6. The summed E-state index contributed by atoms with van der Waals surface area (Å²) in [5.74, 6) is -0.222. The summed E-state index contributed by atoms with van der Waals surface area (Å²) in [6.45, 7) is 3.32. The lowest BCUT2D eigenvalue weighted by molar-refractivity contribution is -0.121. The molecule has 2 N–H and O–H groups in total. The van der Waals surface area contributed by atoms with Crippen molar-refractivity contribution in [2.75, 3.05) is 6.54 Å². The lowest BCUT2D eigenvalue weighted by Crippen LogP contribution is -2.27. The van der Waals surface area contributed by atoms with Gasteiger partial charge in [-0.2, -0.15) is 0 Å². The molecule has 0 radical (unpaired) electrons. The zero-order valence-corrected chi connectivity index (χ0v) is 12.6. The van der Waals surface area contributed by atoms with Crippen molar-refractivity contribution >= 4 is 5.91 Å². The number of carbonyl (C=O) groups is 1. The second-order valence-electron chi connectivity index (χ2n) is 5.15. The summed E-state index contributed by atoms with van der Waals surface area (Å²) in [7, 11) is 0. The third kappa shape index (κ3) is 5.26. The highest BCUT2D eigenvalue weighted by atomic mass is 19.1. The van der Waals surface area contributed by atoms with Crippen LogP contribution in [0.25, 0.3) is 0 Å². The number of nitrogens with one attached hydrogen (secondary N) is 2. The van der Waals surface area contributed by atoms with Gasteiger partial charge >= 0.3 is 0 Å². The predicted octanol–water partition coefficient (Wildman–Crippen LogP) is 2.33. The summed E-state index contributed by atoms with van der Waals surface area (Å²) in [5, 5.41) is 5.97. The second kappa shape index (κ2) is 8.24. The van der Waals surface area contributed by atoms with Crippen LogP contribution in [0.2, 0.25) is 0 Å². The lowest BCUT2D eigenvalue weighted by Gasteiger charge is -2.07. The number of halogens is 1. The van der Waals surface area contributed by atoms with Crippen LogP contribution >= 0.6 is 0 Å². The maximum absolute atomic E-state index is 13.4. The molecule has 0 aliphatic carbocycles. The van der Waals surface area contributed by atoms with Gasteiger partial charge in [-0.15, -0.1) is 0 Å². The zero-order chi connectivity index (χ0) is 15.8. The van der Waals surface area contributed by atoms with Gasteiger partial charge in [-0.1, -0.05) is 18.2 Å². The Balaban J connectivity index is 1.63. The minimum atomic E-state index is -0.200. The maximum atomic E-state index is 13.4. The number of benzene rings is 1. The van der Waals surface area contributed by atoms with Gasteiger partial charge in [0.25, 0.3) is 0 Å². The maximum Gasteiger partial charge on any atom is 0.221 e. The molecule has 0 spiro atoms. The van der Waals surface area contributed by atoms with Crippen molar-refractivity contribution in [1.82, 2.24) is 15.6 Å². The molecule has 0 atom stereocenters. The largest absolute Gasteiger partial charge is 0.352 e. The number of hydrogen-bond donors (Lipinski definition) is 2. The highest BCUT2D eigenvalue weighted by Crippen LogP contribution is 2.08. The summed E-state index contributed by atoms with van der Waals surface area (Å²) < 4.78 is 13.4. The van der Waals surface area contributed by atoms with Crippen LogP contribution in [-0.4, -0.2) is 17.4 Å². The number of pyridine rings is 1. The van der Waals surface area contributed by atoms with Crippen molar-refractivity contribution in [3.8, 4) is 0 Å². The molecule has 0 unspecified atom stereocenters. The van der Waals surface area contributed by atoms with Gasteiger partial charge in [-0.25, -0.2) is 4.39 Å². The molecule has 0 aliphatic rings. The summed E-state index contributed by atoms with van der Waals surface area (Å²) in [6, 6.07) is 8.91. The smallest absolute Gasteiger partial charge is 0.221 e. The van der Waals surface area contributed by atoms with Crippen molar-refractivity contribution in [3.63, 3.8) is 0 Å². The van der Waals surface area contributed by atoms with Crippen molar-refractivity contribution in [2.24, 2.45) is 0 Å². The van der Waals surface area contributed by atoms with Crippen LogP contribution in [-0.2, 0) is 17.9 Å². The average Bonchev–Trinajstić information content (AvgIpc) is 2.54.